The van der Waals surface area contributed by atoms with Crippen LogP contribution in [0.25, 0.3) is 0 Å². The van der Waals surface area contributed by atoms with E-state index in [2.05, 4.69) is 26.9 Å². The van der Waals surface area contributed by atoms with E-state index in [0.717, 1.165) is 42.9 Å². The molecule has 2 rings (SSSR count). The van der Waals surface area contributed by atoms with Gasteiger partial charge in [-0.3, -0.25) is 0 Å². The van der Waals surface area contributed by atoms with Gasteiger partial charge in [0.05, 0.1) is 12.3 Å². The summed E-state index contributed by atoms with van der Waals surface area (Å²) in [5.74, 6) is 0. The lowest BCUT2D eigenvalue weighted by molar-refractivity contribution is 0.152. The molecular weight excluding hydrogens is 256 g/mol. The molecule has 0 amide bonds. The van der Waals surface area contributed by atoms with Gasteiger partial charge in [-0.25, -0.2) is 0 Å². The first-order chi connectivity index (χ1) is 7.27. The Morgan fingerprint density at radius 3 is 2.93 bits per heavy atom. The maximum absolute atomic E-state index is 5.71. The van der Waals surface area contributed by atoms with Gasteiger partial charge in [0.2, 0.25) is 0 Å². The number of nitrogens with two attached hydrogens (primary N) is 1. The van der Waals surface area contributed by atoms with E-state index in [0.29, 0.717) is 0 Å². The fourth-order valence-electron chi connectivity index (χ4n) is 1.77. The normalized spacial score (nSPS) is 17.5. The number of ether oxygens (including phenoxy) is 1. The van der Waals surface area contributed by atoms with Crippen molar-refractivity contribution in [1.29, 1.82) is 0 Å². The Hall–Kier alpha value is -0.740. The fourth-order valence-corrected chi connectivity index (χ4v) is 2.41. The van der Waals surface area contributed by atoms with Crippen LogP contribution in [0.2, 0.25) is 0 Å². The highest BCUT2D eigenvalue weighted by molar-refractivity contribution is 9.10. The highest BCUT2D eigenvalue weighted by Gasteiger charge is 2.12. The van der Waals surface area contributed by atoms with Crippen molar-refractivity contribution >= 4 is 27.3 Å². The summed E-state index contributed by atoms with van der Waals surface area (Å²) in [6.45, 7) is 3.66. The lowest BCUT2D eigenvalue weighted by Gasteiger charge is -2.23. The van der Waals surface area contributed by atoms with Crippen LogP contribution in [0.5, 0.6) is 0 Å². The van der Waals surface area contributed by atoms with Crippen molar-refractivity contribution < 1.29 is 4.74 Å². The Kier molecular flexibility index (Phi) is 3.49. The molecule has 0 aromatic heterocycles. The summed E-state index contributed by atoms with van der Waals surface area (Å²) in [6, 6.07) is 5.94. The van der Waals surface area contributed by atoms with Crippen LogP contribution in [-0.4, -0.2) is 26.3 Å². The van der Waals surface area contributed by atoms with Crippen molar-refractivity contribution in [2.75, 3.05) is 36.9 Å². The Balaban J connectivity index is 2.19. The van der Waals surface area contributed by atoms with E-state index < -0.39 is 0 Å². The summed E-state index contributed by atoms with van der Waals surface area (Å²) in [7, 11) is 0. The second-order valence-corrected chi connectivity index (χ2v) is 4.52. The maximum Gasteiger partial charge on any atom is 0.0641 e. The number of halogens is 1. The summed E-state index contributed by atoms with van der Waals surface area (Å²) in [5.41, 5.74) is 7.71. The molecule has 3 nitrogen and oxygen atoms in total. The van der Waals surface area contributed by atoms with Crippen molar-refractivity contribution in [2.45, 2.75) is 6.42 Å². The first kappa shape index (κ1) is 10.8. The number of nitrogens with zero attached hydrogens (tertiary/aromatic N) is 1. The zero-order valence-corrected chi connectivity index (χ0v) is 10.2. The third kappa shape index (κ3) is 2.63. The van der Waals surface area contributed by atoms with Crippen molar-refractivity contribution in [1.82, 2.24) is 0 Å². The molecule has 0 unspecified atom stereocenters. The molecule has 0 spiro atoms. The van der Waals surface area contributed by atoms with Gasteiger partial charge in [-0.2, -0.15) is 0 Å². The standard InChI is InChI=1S/C11H15BrN2O/c12-10-8-9(13)2-3-11(10)14-4-1-6-15-7-5-14/h2-3,8H,1,4-7,13H2. The van der Waals surface area contributed by atoms with E-state index in [1.807, 2.05) is 12.1 Å². The average molecular weight is 271 g/mol. The molecule has 1 aromatic carbocycles. The zero-order valence-electron chi connectivity index (χ0n) is 8.58. The van der Waals surface area contributed by atoms with Gasteiger partial charge in [-0.05, 0) is 40.5 Å². The lowest BCUT2D eigenvalue weighted by atomic mass is 10.2. The second-order valence-electron chi connectivity index (χ2n) is 3.66. The minimum atomic E-state index is 0.789. The van der Waals surface area contributed by atoms with E-state index >= 15 is 0 Å². The summed E-state index contributed by atoms with van der Waals surface area (Å²) in [6.07, 6.45) is 1.08. The first-order valence-electron chi connectivity index (χ1n) is 5.15. The quantitative estimate of drug-likeness (QED) is 0.796. The highest BCUT2D eigenvalue weighted by Crippen LogP contribution is 2.28. The fraction of sp³-hybridized carbons (Fsp3) is 0.455. The number of rotatable bonds is 1. The van der Waals surface area contributed by atoms with Crippen molar-refractivity contribution in [3.05, 3.63) is 22.7 Å². The van der Waals surface area contributed by atoms with Gasteiger partial charge in [0.1, 0.15) is 0 Å². The number of hydrogen-bond acceptors (Lipinski definition) is 3. The minimum Gasteiger partial charge on any atom is -0.399 e. The van der Waals surface area contributed by atoms with Gasteiger partial charge < -0.3 is 15.4 Å². The molecule has 2 N–H and O–H groups in total. The molecule has 1 saturated heterocycles. The molecule has 1 aromatic rings. The largest absolute Gasteiger partial charge is 0.399 e. The number of nitrogen functional groups attached to an aromatic ring is 1. The summed E-state index contributed by atoms with van der Waals surface area (Å²) in [4.78, 5) is 2.33. The predicted molar refractivity (Wildman–Crippen MR) is 66.2 cm³/mol. The average Bonchev–Trinajstić information content (AvgIpc) is 2.46. The minimum absolute atomic E-state index is 0.789. The third-order valence-corrected chi connectivity index (χ3v) is 3.17. The predicted octanol–water partition coefficient (Wildman–Crippen LogP) is 2.26. The molecule has 0 radical (unpaired) electrons. The number of hydrogen-bond donors (Lipinski definition) is 1. The van der Waals surface area contributed by atoms with E-state index in [9.17, 15) is 0 Å². The first-order valence-corrected chi connectivity index (χ1v) is 5.94. The molecule has 0 bridgehead atoms. The van der Waals surface area contributed by atoms with Crippen LogP contribution in [0, 0.1) is 0 Å². The Labute approximate surface area is 98.3 Å². The third-order valence-electron chi connectivity index (χ3n) is 2.53. The number of benzene rings is 1. The van der Waals surface area contributed by atoms with Crippen LogP contribution in [0.4, 0.5) is 11.4 Å². The van der Waals surface area contributed by atoms with Gasteiger partial charge in [0.15, 0.2) is 0 Å². The summed E-state index contributed by atoms with van der Waals surface area (Å²) in [5, 5.41) is 0. The topological polar surface area (TPSA) is 38.5 Å². The van der Waals surface area contributed by atoms with Crippen molar-refractivity contribution in [2.24, 2.45) is 0 Å². The molecule has 1 aliphatic rings. The van der Waals surface area contributed by atoms with Gasteiger partial charge in [-0.15, -0.1) is 0 Å². The Bertz CT molecular complexity index is 335. The Morgan fingerprint density at radius 2 is 2.13 bits per heavy atom. The molecular formula is C11H15BrN2O. The molecule has 0 saturated carbocycles. The summed E-state index contributed by atoms with van der Waals surface area (Å²) >= 11 is 3.55. The van der Waals surface area contributed by atoms with Crippen LogP contribution >= 0.6 is 15.9 Å². The molecule has 15 heavy (non-hydrogen) atoms. The van der Waals surface area contributed by atoms with E-state index in [-0.39, 0.29) is 0 Å². The van der Waals surface area contributed by atoms with Crippen LogP contribution in [0.1, 0.15) is 6.42 Å². The van der Waals surface area contributed by atoms with E-state index in [4.69, 9.17) is 10.5 Å². The van der Waals surface area contributed by atoms with Crippen molar-refractivity contribution in [3.8, 4) is 0 Å². The molecule has 1 heterocycles. The van der Waals surface area contributed by atoms with Crippen LogP contribution in [0.3, 0.4) is 0 Å². The van der Waals surface area contributed by atoms with E-state index in [1.165, 1.54) is 5.69 Å². The van der Waals surface area contributed by atoms with Crippen LogP contribution in [-0.2, 0) is 4.74 Å². The Morgan fingerprint density at radius 1 is 1.27 bits per heavy atom. The van der Waals surface area contributed by atoms with Crippen molar-refractivity contribution in [3.63, 3.8) is 0 Å². The molecule has 1 fully saturated rings. The second kappa shape index (κ2) is 4.86. The maximum atomic E-state index is 5.71. The monoisotopic (exact) mass is 270 g/mol. The number of anilines is 2. The summed E-state index contributed by atoms with van der Waals surface area (Å²) < 4.78 is 6.49. The molecule has 1 aliphatic heterocycles. The van der Waals surface area contributed by atoms with Crippen LogP contribution < -0.4 is 10.6 Å². The molecule has 0 atom stereocenters. The zero-order chi connectivity index (χ0) is 10.7. The molecule has 4 heteroatoms. The van der Waals surface area contributed by atoms with Gasteiger partial charge in [0, 0.05) is 29.9 Å². The lowest BCUT2D eigenvalue weighted by Crippen LogP contribution is -2.26. The molecule has 82 valence electrons. The van der Waals surface area contributed by atoms with Gasteiger partial charge in [0.25, 0.3) is 0 Å². The smallest absolute Gasteiger partial charge is 0.0641 e. The van der Waals surface area contributed by atoms with E-state index in [1.54, 1.807) is 0 Å². The molecule has 0 aliphatic carbocycles. The van der Waals surface area contributed by atoms with Crippen LogP contribution in [0.15, 0.2) is 22.7 Å². The highest BCUT2D eigenvalue weighted by atomic mass is 79.9. The van der Waals surface area contributed by atoms with Gasteiger partial charge >= 0.3 is 0 Å². The SMILES string of the molecule is Nc1ccc(N2CCCOCC2)c(Br)c1. The van der Waals surface area contributed by atoms with Gasteiger partial charge in [-0.1, -0.05) is 0 Å².